The van der Waals surface area contributed by atoms with E-state index in [1.165, 1.54) is 0 Å². The van der Waals surface area contributed by atoms with Gasteiger partial charge in [0.05, 0.1) is 0 Å². The van der Waals surface area contributed by atoms with Crippen LogP contribution in [0.15, 0.2) is 0 Å². The molecule has 0 bridgehead atoms. The number of fused-ring (bicyclic) bond motifs is 1. The molecule has 2 fully saturated rings. The highest BCUT2D eigenvalue weighted by Gasteiger charge is 2.39. The molecular weight excluding hydrogens is 366 g/mol. The Bertz CT molecular complexity index is 755. The number of aryl methyl sites for hydroxylation is 1. The van der Waals surface area contributed by atoms with Gasteiger partial charge < -0.3 is 14.4 Å². The van der Waals surface area contributed by atoms with Crippen molar-refractivity contribution in [3.8, 4) is 0 Å². The Kier molecular flexibility index (Phi) is 5.67. The monoisotopic (exact) mass is 401 g/mol. The lowest BCUT2D eigenvalue weighted by molar-refractivity contribution is -0.142. The minimum Gasteiger partial charge on any atom is -0.343 e. The maximum Gasteiger partial charge on any atom is 0.225 e. The maximum atomic E-state index is 13.0. The number of nitrogens with zero attached hydrogens (tertiary/aromatic N) is 5. The second kappa shape index (κ2) is 8.07. The average molecular weight is 402 g/mol. The zero-order chi connectivity index (χ0) is 20.6. The van der Waals surface area contributed by atoms with Crippen molar-refractivity contribution in [3.05, 3.63) is 11.6 Å². The fourth-order valence-electron chi connectivity index (χ4n) is 5.46. The molecule has 4 heterocycles. The van der Waals surface area contributed by atoms with E-state index in [1.807, 2.05) is 4.90 Å². The van der Waals surface area contributed by atoms with Crippen molar-refractivity contribution in [2.24, 2.45) is 11.3 Å². The third kappa shape index (κ3) is 4.05. The Labute approximate surface area is 173 Å². The van der Waals surface area contributed by atoms with Gasteiger partial charge in [-0.2, -0.15) is 0 Å². The summed E-state index contributed by atoms with van der Waals surface area (Å²) in [4.78, 5) is 28.5. The summed E-state index contributed by atoms with van der Waals surface area (Å²) >= 11 is 0. The van der Waals surface area contributed by atoms with E-state index in [0.29, 0.717) is 17.2 Å². The summed E-state index contributed by atoms with van der Waals surface area (Å²) in [6, 6.07) is 0. The van der Waals surface area contributed by atoms with Crippen LogP contribution < -0.4 is 0 Å². The number of hydrogen-bond donors (Lipinski definition) is 0. The zero-order valence-corrected chi connectivity index (χ0v) is 18.2. The van der Waals surface area contributed by atoms with Crippen LogP contribution in [0.4, 0.5) is 0 Å². The molecule has 3 aliphatic heterocycles. The Hall–Kier alpha value is -1.92. The van der Waals surface area contributed by atoms with E-state index in [4.69, 9.17) is 0 Å². The molecule has 7 nitrogen and oxygen atoms in total. The standard InChI is InChI=1S/C22H35N5O2/c1-16(2)20-24-23-19-4-7-22(10-15-27(19)20)8-13-26(14-9-22)21(29)18-5-11-25(12-6-18)17(3)28/h16,18H,4-15H2,1-3H3. The number of likely N-dealkylation sites (tertiary alicyclic amines) is 2. The van der Waals surface area contributed by atoms with Crippen LogP contribution in [0.25, 0.3) is 0 Å². The van der Waals surface area contributed by atoms with Gasteiger partial charge in [-0.25, -0.2) is 0 Å². The zero-order valence-electron chi connectivity index (χ0n) is 18.2. The first-order chi connectivity index (χ1) is 13.9. The third-order valence-electron chi connectivity index (χ3n) is 7.54. The Morgan fingerprint density at radius 1 is 0.931 bits per heavy atom. The van der Waals surface area contributed by atoms with E-state index in [1.54, 1.807) is 6.92 Å². The number of carbonyl (C=O) groups is 2. The Morgan fingerprint density at radius 2 is 1.59 bits per heavy atom. The molecule has 0 saturated carbocycles. The molecule has 0 aromatic carbocycles. The molecule has 0 aliphatic carbocycles. The van der Waals surface area contributed by atoms with Gasteiger partial charge in [0.1, 0.15) is 11.6 Å². The number of piperidine rings is 2. The summed E-state index contributed by atoms with van der Waals surface area (Å²) in [5.41, 5.74) is 0.337. The summed E-state index contributed by atoms with van der Waals surface area (Å²) in [5.74, 6) is 3.19. The van der Waals surface area contributed by atoms with Crippen LogP contribution in [0, 0.1) is 11.3 Å². The molecule has 2 saturated heterocycles. The average Bonchev–Trinajstić information content (AvgIpc) is 3.06. The van der Waals surface area contributed by atoms with E-state index in [2.05, 4.69) is 33.5 Å². The SMILES string of the molecule is CC(=O)N1CCC(C(=O)N2CCC3(CCc4nnc(C(C)C)n4CC3)CC2)CC1. The predicted molar refractivity (Wildman–Crippen MR) is 110 cm³/mol. The molecule has 1 aromatic heterocycles. The first kappa shape index (κ1) is 20.4. The van der Waals surface area contributed by atoms with Crippen molar-refractivity contribution in [2.75, 3.05) is 26.2 Å². The third-order valence-corrected chi connectivity index (χ3v) is 7.54. The number of carbonyl (C=O) groups excluding carboxylic acids is 2. The van der Waals surface area contributed by atoms with Gasteiger partial charge in [0, 0.05) is 57.9 Å². The molecule has 0 N–H and O–H groups in total. The maximum absolute atomic E-state index is 13.0. The molecule has 0 atom stereocenters. The van der Waals surface area contributed by atoms with Crippen LogP contribution in [0.3, 0.4) is 0 Å². The summed E-state index contributed by atoms with van der Waals surface area (Å²) in [6.07, 6.45) is 7.13. The first-order valence-electron chi connectivity index (χ1n) is 11.3. The van der Waals surface area contributed by atoms with E-state index in [-0.39, 0.29) is 11.8 Å². The highest BCUT2D eigenvalue weighted by Crippen LogP contribution is 2.42. The van der Waals surface area contributed by atoms with Crippen LogP contribution >= 0.6 is 0 Å². The van der Waals surface area contributed by atoms with Crippen molar-refractivity contribution < 1.29 is 9.59 Å². The fraction of sp³-hybridized carbons (Fsp3) is 0.818. The molecule has 2 amide bonds. The van der Waals surface area contributed by atoms with Crippen LogP contribution in [-0.4, -0.2) is 62.6 Å². The molecule has 160 valence electrons. The predicted octanol–water partition coefficient (Wildman–Crippen LogP) is 2.61. The Morgan fingerprint density at radius 3 is 2.21 bits per heavy atom. The van der Waals surface area contributed by atoms with Crippen molar-refractivity contribution in [3.63, 3.8) is 0 Å². The van der Waals surface area contributed by atoms with Gasteiger partial charge in [0.25, 0.3) is 0 Å². The molecule has 3 aliphatic rings. The second-order valence-corrected chi connectivity index (χ2v) is 9.64. The molecule has 1 spiro atoms. The van der Waals surface area contributed by atoms with E-state index >= 15 is 0 Å². The molecular formula is C22H35N5O2. The van der Waals surface area contributed by atoms with Gasteiger partial charge in [-0.1, -0.05) is 13.8 Å². The first-order valence-corrected chi connectivity index (χ1v) is 11.3. The molecule has 0 radical (unpaired) electrons. The number of rotatable bonds is 2. The van der Waals surface area contributed by atoms with Crippen molar-refractivity contribution in [1.82, 2.24) is 24.6 Å². The second-order valence-electron chi connectivity index (χ2n) is 9.64. The van der Waals surface area contributed by atoms with E-state index < -0.39 is 0 Å². The van der Waals surface area contributed by atoms with Crippen molar-refractivity contribution in [2.45, 2.75) is 78.2 Å². The molecule has 4 rings (SSSR count). The van der Waals surface area contributed by atoms with E-state index in [9.17, 15) is 9.59 Å². The van der Waals surface area contributed by atoms with Crippen LogP contribution in [-0.2, 0) is 22.6 Å². The minimum absolute atomic E-state index is 0.0958. The van der Waals surface area contributed by atoms with Gasteiger partial charge in [-0.3, -0.25) is 9.59 Å². The summed E-state index contributed by atoms with van der Waals surface area (Å²) in [7, 11) is 0. The molecule has 0 unspecified atom stereocenters. The molecule has 1 aromatic rings. The minimum atomic E-state index is 0.0958. The van der Waals surface area contributed by atoms with Gasteiger partial charge in [0.15, 0.2) is 0 Å². The van der Waals surface area contributed by atoms with Crippen molar-refractivity contribution >= 4 is 11.8 Å². The van der Waals surface area contributed by atoms with Gasteiger partial charge in [0.2, 0.25) is 11.8 Å². The molecule has 29 heavy (non-hydrogen) atoms. The lowest BCUT2D eigenvalue weighted by Gasteiger charge is -2.43. The summed E-state index contributed by atoms with van der Waals surface area (Å²) in [5, 5.41) is 8.87. The van der Waals surface area contributed by atoms with Crippen LogP contribution in [0.1, 0.15) is 76.9 Å². The largest absolute Gasteiger partial charge is 0.343 e. The number of aromatic nitrogens is 3. The van der Waals surface area contributed by atoms with Gasteiger partial charge in [-0.05, 0) is 43.9 Å². The highest BCUT2D eigenvalue weighted by molar-refractivity contribution is 5.79. The quantitative estimate of drug-likeness (QED) is 0.764. The Balaban J connectivity index is 1.32. The summed E-state index contributed by atoms with van der Waals surface area (Å²) < 4.78 is 2.35. The molecule has 7 heteroatoms. The van der Waals surface area contributed by atoms with Crippen LogP contribution in [0.2, 0.25) is 0 Å². The lowest BCUT2D eigenvalue weighted by Crippen LogP contribution is -2.48. The highest BCUT2D eigenvalue weighted by atomic mass is 16.2. The van der Waals surface area contributed by atoms with Gasteiger partial charge >= 0.3 is 0 Å². The smallest absolute Gasteiger partial charge is 0.225 e. The fourth-order valence-corrected chi connectivity index (χ4v) is 5.46. The summed E-state index contributed by atoms with van der Waals surface area (Å²) in [6.45, 7) is 10.2. The normalized spacial score (nSPS) is 22.6. The lowest BCUT2D eigenvalue weighted by atomic mass is 9.72. The van der Waals surface area contributed by atoms with E-state index in [0.717, 1.165) is 89.3 Å². The number of amides is 2. The number of hydrogen-bond acceptors (Lipinski definition) is 4. The van der Waals surface area contributed by atoms with Crippen molar-refractivity contribution in [1.29, 1.82) is 0 Å². The topological polar surface area (TPSA) is 71.3 Å². The van der Waals surface area contributed by atoms with Crippen LogP contribution in [0.5, 0.6) is 0 Å². The van der Waals surface area contributed by atoms with Gasteiger partial charge in [-0.15, -0.1) is 10.2 Å².